The van der Waals surface area contributed by atoms with Gasteiger partial charge in [-0.2, -0.15) is 0 Å². The fraction of sp³-hybridized carbons (Fsp3) is 0.588. The molecule has 7 heteroatoms. The van der Waals surface area contributed by atoms with Crippen LogP contribution in [0.15, 0.2) is 4.79 Å². The van der Waals surface area contributed by atoms with E-state index in [0.29, 0.717) is 18.9 Å². The van der Waals surface area contributed by atoms with Gasteiger partial charge in [-0.25, -0.2) is 4.98 Å². The van der Waals surface area contributed by atoms with E-state index in [2.05, 4.69) is 15.3 Å². The largest absolute Gasteiger partial charge is 0.349 e. The smallest absolute Gasteiger partial charge is 0.275 e. The molecule has 3 rings (SSSR count). The molecule has 0 saturated heterocycles. The molecular formula is C17H25N4O2S+. The van der Waals surface area contributed by atoms with Crippen molar-refractivity contribution in [3.8, 4) is 0 Å². The third-order valence-electron chi connectivity index (χ3n) is 4.40. The van der Waals surface area contributed by atoms with Gasteiger partial charge in [0.05, 0.1) is 11.9 Å². The number of rotatable bonds is 6. The van der Waals surface area contributed by atoms with Crippen LogP contribution in [0.3, 0.4) is 0 Å². The average Bonchev–Trinajstić information content (AvgIpc) is 3.05. The molecule has 0 bridgehead atoms. The summed E-state index contributed by atoms with van der Waals surface area (Å²) in [6.45, 7) is 7.68. The molecule has 3 N–H and O–H groups in total. The van der Waals surface area contributed by atoms with Crippen molar-refractivity contribution >= 4 is 27.5 Å². The van der Waals surface area contributed by atoms with E-state index in [0.717, 1.165) is 40.9 Å². The van der Waals surface area contributed by atoms with Gasteiger partial charge in [-0.05, 0) is 45.6 Å². The van der Waals surface area contributed by atoms with Gasteiger partial charge in [-0.1, -0.05) is 0 Å². The molecule has 2 aromatic heterocycles. The molecule has 2 heterocycles. The van der Waals surface area contributed by atoms with Gasteiger partial charge in [0.2, 0.25) is 0 Å². The molecule has 1 atom stereocenters. The van der Waals surface area contributed by atoms with Gasteiger partial charge >= 0.3 is 0 Å². The number of aromatic nitrogens is 2. The number of nitrogens with one attached hydrogen (secondary N) is 3. The lowest BCUT2D eigenvalue weighted by Crippen LogP contribution is -3.11. The Morgan fingerprint density at radius 1 is 1.42 bits per heavy atom. The van der Waals surface area contributed by atoms with Crippen LogP contribution in [0.1, 0.15) is 43.5 Å². The van der Waals surface area contributed by atoms with E-state index in [9.17, 15) is 9.59 Å². The van der Waals surface area contributed by atoms with Crippen molar-refractivity contribution in [2.45, 2.75) is 52.6 Å². The number of fused-ring (bicyclic) bond motifs is 3. The fourth-order valence-corrected chi connectivity index (χ4v) is 4.56. The minimum absolute atomic E-state index is 0.0281. The highest BCUT2D eigenvalue weighted by Gasteiger charge is 2.22. The number of carbonyl (C=O) groups excluding carboxylic acids is 1. The molecule has 2 aromatic rings. The van der Waals surface area contributed by atoms with Crippen LogP contribution in [-0.4, -0.2) is 35.0 Å². The molecule has 0 saturated carbocycles. The molecule has 0 spiro atoms. The lowest BCUT2D eigenvalue weighted by molar-refractivity contribution is -0.904. The standard InChI is InChI=1S/C17H24N4O2S/c1-4-21(9-14(22)18-10(2)3)8-13-19-16(23)15-11-6-5-7-12(11)24-17(15)20-13/h10H,4-9H2,1-3H3,(H,18,22)(H,19,20,23)/p+1. The van der Waals surface area contributed by atoms with Gasteiger partial charge in [0, 0.05) is 10.9 Å². The Bertz CT molecular complexity index is 809. The molecule has 1 unspecified atom stereocenters. The van der Waals surface area contributed by atoms with Crippen molar-refractivity contribution < 1.29 is 9.69 Å². The monoisotopic (exact) mass is 349 g/mol. The SMILES string of the molecule is CC[NH+](CC(=O)NC(C)C)Cc1nc2sc3c(c2c(=O)[nH]1)CCC3. The maximum Gasteiger partial charge on any atom is 0.275 e. The van der Waals surface area contributed by atoms with Gasteiger partial charge < -0.3 is 15.2 Å². The molecule has 0 radical (unpaired) electrons. The Labute approximate surface area is 145 Å². The number of thiophene rings is 1. The van der Waals surface area contributed by atoms with Gasteiger partial charge in [-0.3, -0.25) is 9.59 Å². The Morgan fingerprint density at radius 2 is 2.21 bits per heavy atom. The summed E-state index contributed by atoms with van der Waals surface area (Å²) < 4.78 is 0. The second kappa shape index (κ2) is 7.03. The molecule has 1 amide bonds. The summed E-state index contributed by atoms with van der Waals surface area (Å²) in [5, 5.41) is 3.69. The zero-order valence-electron chi connectivity index (χ0n) is 14.5. The van der Waals surface area contributed by atoms with E-state index >= 15 is 0 Å². The third kappa shape index (κ3) is 3.52. The second-order valence-corrected chi connectivity index (χ2v) is 7.81. The minimum Gasteiger partial charge on any atom is -0.349 e. The molecule has 6 nitrogen and oxygen atoms in total. The zero-order valence-corrected chi connectivity index (χ0v) is 15.3. The van der Waals surface area contributed by atoms with E-state index in [1.165, 1.54) is 10.4 Å². The highest BCUT2D eigenvalue weighted by atomic mass is 32.1. The lowest BCUT2D eigenvalue weighted by Gasteiger charge is -2.17. The van der Waals surface area contributed by atoms with Crippen LogP contribution in [0.5, 0.6) is 0 Å². The zero-order chi connectivity index (χ0) is 17.3. The van der Waals surface area contributed by atoms with E-state index in [4.69, 9.17) is 0 Å². The highest BCUT2D eigenvalue weighted by Crippen LogP contribution is 2.34. The van der Waals surface area contributed by atoms with Crippen molar-refractivity contribution in [3.63, 3.8) is 0 Å². The van der Waals surface area contributed by atoms with E-state index in [1.807, 2.05) is 20.8 Å². The first-order chi connectivity index (χ1) is 11.5. The summed E-state index contributed by atoms with van der Waals surface area (Å²) in [6, 6.07) is 0.137. The molecule has 0 aliphatic heterocycles. The van der Waals surface area contributed by atoms with Gasteiger partial charge in [0.1, 0.15) is 11.4 Å². The van der Waals surface area contributed by atoms with Crippen molar-refractivity contribution in [3.05, 3.63) is 26.6 Å². The number of H-pyrrole nitrogens is 1. The van der Waals surface area contributed by atoms with Crippen molar-refractivity contribution in [1.29, 1.82) is 0 Å². The number of quaternary nitrogens is 1. The second-order valence-electron chi connectivity index (χ2n) is 6.73. The number of hydrogen-bond donors (Lipinski definition) is 3. The third-order valence-corrected chi connectivity index (χ3v) is 5.59. The van der Waals surface area contributed by atoms with Crippen molar-refractivity contribution in [1.82, 2.24) is 15.3 Å². The number of aromatic amines is 1. The average molecular weight is 349 g/mol. The normalized spacial score (nSPS) is 15.0. The number of carbonyl (C=O) groups is 1. The number of aryl methyl sites for hydroxylation is 2. The molecule has 1 aliphatic rings. The van der Waals surface area contributed by atoms with Gasteiger partial charge in [0.25, 0.3) is 11.5 Å². The molecule has 130 valence electrons. The lowest BCUT2D eigenvalue weighted by atomic mass is 10.2. The summed E-state index contributed by atoms with van der Waals surface area (Å²) in [5.74, 6) is 0.696. The summed E-state index contributed by atoms with van der Waals surface area (Å²) in [5.41, 5.74) is 1.17. The summed E-state index contributed by atoms with van der Waals surface area (Å²) in [4.78, 5) is 35.3. The Morgan fingerprint density at radius 3 is 2.92 bits per heavy atom. The maximum atomic E-state index is 12.5. The van der Waals surface area contributed by atoms with Crippen LogP contribution in [0, 0.1) is 0 Å². The number of nitrogens with zero attached hydrogens (tertiary/aromatic N) is 1. The molecule has 0 fully saturated rings. The van der Waals surface area contributed by atoms with Crippen LogP contribution >= 0.6 is 11.3 Å². The predicted molar refractivity (Wildman–Crippen MR) is 95.6 cm³/mol. The van der Waals surface area contributed by atoms with Crippen LogP contribution in [0.25, 0.3) is 10.2 Å². The summed E-state index contributed by atoms with van der Waals surface area (Å²) >= 11 is 1.65. The van der Waals surface area contributed by atoms with E-state index < -0.39 is 0 Å². The van der Waals surface area contributed by atoms with Crippen molar-refractivity contribution in [2.24, 2.45) is 0 Å². The Hall–Kier alpha value is -1.73. The summed E-state index contributed by atoms with van der Waals surface area (Å²) in [6.07, 6.45) is 3.19. The Kier molecular flexibility index (Phi) is 5.01. The molecule has 1 aliphatic carbocycles. The summed E-state index contributed by atoms with van der Waals surface area (Å²) in [7, 11) is 0. The quantitative estimate of drug-likeness (QED) is 0.706. The Balaban J connectivity index is 1.79. The predicted octanol–water partition coefficient (Wildman–Crippen LogP) is 0.403. The topological polar surface area (TPSA) is 79.3 Å². The van der Waals surface area contributed by atoms with Gasteiger partial charge in [-0.15, -0.1) is 11.3 Å². The number of hydrogen-bond acceptors (Lipinski definition) is 4. The maximum absolute atomic E-state index is 12.5. The highest BCUT2D eigenvalue weighted by molar-refractivity contribution is 7.18. The van der Waals surface area contributed by atoms with Crippen LogP contribution in [0.4, 0.5) is 0 Å². The van der Waals surface area contributed by atoms with Crippen LogP contribution in [-0.2, 0) is 24.2 Å². The first-order valence-corrected chi connectivity index (χ1v) is 9.46. The molecule has 24 heavy (non-hydrogen) atoms. The first-order valence-electron chi connectivity index (χ1n) is 8.64. The fourth-order valence-electron chi connectivity index (χ4n) is 3.28. The van der Waals surface area contributed by atoms with E-state index in [1.54, 1.807) is 11.3 Å². The molecule has 0 aromatic carbocycles. The van der Waals surface area contributed by atoms with Gasteiger partial charge in [0.15, 0.2) is 12.4 Å². The van der Waals surface area contributed by atoms with Crippen molar-refractivity contribution in [2.75, 3.05) is 13.1 Å². The van der Waals surface area contributed by atoms with Crippen LogP contribution in [0.2, 0.25) is 0 Å². The van der Waals surface area contributed by atoms with E-state index in [-0.39, 0.29) is 17.5 Å². The first kappa shape index (κ1) is 17.1. The van der Waals surface area contributed by atoms with Crippen LogP contribution < -0.4 is 15.8 Å². The minimum atomic E-state index is -0.0310. The molecular weight excluding hydrogens is 324 g/mol. The number of amides is 1. The number of likely N-dealkylation sites (N-methyl/N-ethyl adjacent to an activating group) is 1.